The van der Waals surface area contributed by atoms with Crippen LogP contribution in [-0.4, -0.2) is 11.3 Å². The summed E-state index contributed by atoms with van der Waals surface area (Å²) in [6.07, 6.45) is 5.67. The van der Waals surface area contributed by atoms with Gasteiger partial charge in [0.25, 0.3) is 0 Å². The van der Waals surface area contributed by atoms with Crippen LogP contribution in [0.2, 0.25) is 0 Å². The van der Waals surface area contributed by atoms with Crippen LogP contribution in [0.4, 0.5) is 4.79 Å². The molecule has 3 heteroatoms. The van der Waals surface area contributed by atoms with Gasteiger partial charge in [-0.1, -0.05) is 44.7 Å². The maximum Gasteiger partial charge on any atom is 0.511 e. The molecule has 0 aliphatic carbocycles. The first kappa shape index (κ1) is 14.6. The van der Waals surface area contributed by atoms with E-state index in [1.54, 1.807) is 6.07 Å². The van der Waals surface area contributed by atoms with E-state index >= 15 is 0 Å². The number of hydrogen-bond acceptors (Lipinski definition) is 2. The Labute approximate surface area is 109 Å². The van der Waals surface area contributed by atoms with Gasteiger partial charge in [0, 0.05) is 0 Å². The second-order valence-electron chi connectivity index (χ2n) is 4.58. The fraction of sp³-hybridized carbons (Fsp3) is 0.533. The molecule has 0 saturated heterocycles. The number of benzene rings is 1. The normalized spacial score (nSPS) is 10.3. The number of aryl methyl sites for hydroxylation is 1. The lowest BCUT2D eigenvalue weighted by Crippen LogP contribution is -2.06. The fourth-order valence-electron chi connectivity index (χ4n) is 2.09. The third kappa shape index (κ3) is 4.78. The Hall–Kier alpha value is -1.51. The van der Waals surface area contributed by atoms with Crippen molar-refractivity contribution in [3.63, 3.8) is 0 Å². The molecule has 0 unspecified atom stereocenters. The highest BCUT2D eigenvalue weighted by molar-refractivity contribution is 5.62. The van der Waals surface area contributed by atoms with Crippen molar-refractivity contribution in [1.29, 1.82) is 0 Å². The number of ether oxygens (including phenoxy) is 1. The molecule has 1 aromatic carbocycles. The van der Waals surface area contributed by atoms with E-state index in [4.69, 9.17) is 9.84 Å². The molecule has 0 aliphatic rings. The van der Waals surface area contributed by atoms with E-state index in [0.29, 0.717) is 5.75 Å². The van der Waals surface area contributed by atoms with Crippen molar-refractivity contribution in [2.45, 2.75) is 52.4 Å². The van der Waals surface area contributed by atoms with Crippen LogP contribution in [0.1, 0.15) is 50.2 Å². The predicted octanol–water partition coefficient (Wildman–Crippen LogP) is 4.56. The maximum absolute atomic E-state index is 10.6. The van der Waals surface area contributed by atoms with E-state index in [2.05, 4.69) is 6.92 Å². The zero-order chi connectivity index (χ0) is 13.4. The van der Waals surface area contributed by atoms with Crippen molar-refractivity contribution in [1.82, 2.24) is 0 Å². The number of hydrogen-bond donors (Lipinski definition) is 1. The Morgan fingerprint density at radius 2 is 1.94 bits per heavy atom. The lowest BCUT2D eigenvalue weighted by atomic mass is 10.0. The van der Waals surface area contributed by atoms with Gasteiger partial charge in [0.2, 0.25) is 0 Å². The van der Waals surface area contributed by atoms with Crippen LogP contribution in [0.25, 0.3) is 0 Å². The molecule has 0 amide bonds. The van der Waals surface area contributed by atoms with Crippen molar-refractivity contribution < 1.29 is 14.6 Å². The summed E-state index contributed by atoms with van der Waals surface area (Å²) in [6, 6.07) is 5.55. The summed E-state index contributed by atoms with van der Waals surface area (Å²) in [5.41, 5.74) is 2.13. The highest BCUT2D eigenvalue weighted by atomic mass is 16.7. The van der Waals surface area contributed by atoms with Gasteiger partial charge in [-0.2, -0.15) is 0 Å². The summed E-state index contributed by atoms with van der Waals surface area (Å²) in [4.78, 5) is 10.6. The summed E-state index contributed by atoms with van der Waals surface area (Å²) >= 11 is 0. The van der Waals surface area contributed by atoms with Crippen molar-refractivity contribution >= 4 is 6.16 Å². The van der Waals surface area contributed by atoms with E-state index in [1.807, 2.05) is 19.1 Å². The average Bonchev–Trinajstić information content (AvgIpc) is 2.31. The molecule has 0 heterocycles. The molecule has 0 saturated carbocycles. The number of carbonyl (C=O) groups is 1. The number of unbranched alkanes of at least 4 members (excludes halogenated alkanes) is 4. The predicted molar refractivity (Wildman–Crippen MR) is 72.3 cm³/mol. The zero-order valence-corrected chi connectivity index (χ0v) is 11.2. The highest BCUT2D eigenvalue weighted by Crippen LogP contribution is 2.24. The first-order valence-electron chi connectivity index (χ1n) is 6.64. The molecular weight excluding hydrogens is 228 g/mol. The summed E-state index contributed by atoms with van der Waals surface area (Å²) in [7, 11) is 0. The Morgan fingerprint density at radius 1 is 1.22 bits per heavy atom. The standard InChI is InChI=1S/C15H22O3/c1-3-4-5-6-7-10-13-12(2)9-8-11-14(13)18-15(16)17/h8-9,11H,3-7,10H2,1-2H3,(H,16,17). The zero-order valence-electron chi connectivity index (χ0n) is 11.2. The first-order valence-corrected chi connectivity index (χ1v) is 6.64. The molecule has 100 valence electrons. The van der Waals surface area contributed by atoms with Gasteiger partial charge in [0.05, 0.1) is 0 Å². The van der Waals surface area contributed by atoms with Crippen LogP contribution >= 0.6 is 0 Å². The number of rotatable bonds is 7. The second kappa shape index (κ2) is 7.75. The third-order valence-corrected chi connectivity index (χ3v) is 3.09. The van der Waals surface area contributed by atoms with Crippen LogP contribution < -0.4 is 4.74 Å². The molecule has 0 radical (unpaired) electrons. The maximum atomic E-state index is 10.6. The van der Waals surface area contributed by atoms with E-state index in [9.17, 15) is 4.79 Å². The van der Waals surface area contributed by atoms with Gasteiger partial charge < -0.3 is 9.84 Å². The van der Waals surface area contributed by atoms with E-state index in [-0.39, 0.29) is 0 Å². The molecule has 18 heavy (non-hydrogen) atoms. The minimum atomic E-state index is -1.24. The number of carboxylic acid groups (broad SMARTS) is 1. The molecule has 1 rings (SSSR count). The first-order chi connectivity index (χ1) is 8.65. The van der Waals surface area contributed by atoms with Gasteiger partial charge in [-0.3, -0.25) is 0 Å². The quantitative estimate of drug-likeness (QED) is 0.438. The molecule has 0 aliphatic heterocycles. The molecular formula is C15H22O3. The van der Waals surface area contributed by atoms with Crippen molar-refractivity contribution in [2.75, 3.05) is 0 Å². The van der Waals surface area contributed by atoms with Crippen LogP contribution in [0, 0.1) is 6.92 Å². The lowest BCUT2D eigenvalue weighted by Gasteiger charge is -2.11. The Balaban J connectivity index is 2.59. The molecule has 1 N–H and O–H groups in total. The molecule has 3 nitrogen and oxygen atoms in total. The minimum absolute atomic E-state index is 0.484. The Bertz CT molecular complexity index is 385. The summed E-state index contributed by atoms with van der Waals surface area (Å²) in [6.45, 7) is 4.19. The third-order valence-electron chi connectivity index (χ3n) is 3.09. The summed E-state index contributed by atoms with van der Waals surface area (Å²) in [5, 5.41) is 8.70. The fourth-order valence-corrected chi connectivity index (χ4v) is 2.09. The van der Waals surface area contributed by atoms with Crippen molar-refractivity contribution in [2.24, 2.45) is 0 Å². The average molecular weight is 250 g/mol. The van der Waals surface area contributed by atoms with Gasteiger partial charge in [0.15, 0.2) is 0 Å². The van der Waals surface area contributed by atoms with E-state index in [0.717, 1.165) is 24.0 Å². The van der Waals surface area contributed by atoms with Gasteiger partial charge in [0.1, 0.15) is 5.75 Å². The molecule has 0 spiro atoms. The van der Waals surface area contributed by atoms with Gasteiger partial charge >= 0.3 is 6.16 Å². The Morgan fingerprint density at radius 3 is 2.61 bits per heavy atom. The molecule has 0 bridgehead atoms. The van der Waals surface area contributed by atoms with Crippen LogP contribution in [0.15, 0.2) is 18.2 Å². The smallest absolute Gasteiger partial charge is 0.449 e. The second-order valence-corrected chi connectivity index (χ2v) is 4.58. The van der Waals surface area contributed by atoms with Crippen molar-refractivity contribution in [3.05, 3.63) is 29.3 Å². The van der Waals surface area contributed by atoms with Gasteiger partial charge in [-0.05, 0) is 37.0 Å². The lowest BCUT2D eigenvalue weighted by molar-refractivity contribution is 0.144. The van der Waals surface area contributed by atoms with Gasteiger partial charge in [-0.15, -0.1) is 0 Å². The molecule has 0 aromatic heterocycles. The Kier molecular flexibility index (Phi) is 6.26. The molecule has 0 fully saturated rings. The highest BCUT2D eigenvalue weighted by Gasteiger charge is 2.09. The van der Waals surface area contributed by atoms with Crippen molar-refractivity contribution in [3.8, 4) is 5.75 Å². The van der Waals surface area contributed by atoms with Gasteiger partial charge in [-0.25, -0.2) is 4.79 Å². The topological polar surface area (TPSA) is 46.5 Å². The molecule has 1 aromatic rings. The van der Waals surface area contributed by atoms with Crippen LogP contribution in [0.3, 0.4) is 0 Å². The summed E-state index contributed by atoms with van der Waals surface area (Å²) < 4.78 is 4.82. The monoisotopic (exact) mass is 250 g/mol. The minimum Gasteiger partial charge on any atom is -0.449 e. The van der Waals surface area contributed by atoms with E-state index < -0.39 is 6.16 Å². The SMILES string of the molecule is CCCCCCCc1c(C)cccc1OC(=O)O. The van der Waals surface area contributed by atoms with Crippen LogP contribution in [0.5, 0.6) is 5.75 Å². The molecule has 0 atom stereocenters. The largest absolute Gasteiger partial charge is 0.511 e. The summed E-state index contributed by atoms with van der Waals surface area (Å²) in [5.74, 6) is 0.484. The van der Waals surface area contributed by atoms with E-state index in [1.165, 1.54) is 25.7 Å². The van der Waals surface area contributed by atoms with Crippen LogP contribution in [-0.2, 0) is 6.42 Å².